The van der Waals surface area contributed by atoms with Crippen LogP contribution in [0.4, 0.5) is 24.7 Å². The van der Waals surface area contributed by atoms with Crippen molar-refractivity contribution < 1.29 is 18.3 Å². The van der Waals surface area contributed by atoms with E-state index >= 15 is 0 Å². The van der Waals surface area contributed by atoms with Gasteiger partial charge in [-0.25, -0.2) is 0 Å². The first-order chi connectivity index (χ1) is 14.7. The molecule has 0 radical (unpaired) electrons. The summed E-state index contributed by atoms with van der Waals surface area (Å²) in [7, 11) is 0. The van der Waals surface area contributed by atoms with E-state index in [1.807, 2.05) is 0 Å². The predicted molar refractivity (Wildman–Crippen MR) is 108 cm³/mol. The van der Waals surface area contributed by atoms with Crippen molar-refractivity contribution in [3.63, 3.8) is 0 Å². The number of anilines is 2. The van der Waals surface area contributed by atoms with Crippen molar-refractivity contribution in [1.82, 2.24) is 14.8 Å². The monoisotopic (exact) mass is 431 g/mol. The summed E-state index contributed by atoms with van der Waals surface area (Å²) in [5.41, 5.74) is 0.647. The van der Waals surface area contributed by atoms with Crippen LogP contribution in [0.5, 0.6) is 0 Å². The average molecular weight is 431 g/mol. The van der Waals surface area contributed by atoms with Gasteiger partial charge in [-0.2, -0.15) is 23.5 Å². The zero-order valence-corrected chi connectivity index (χ0v) is 16.6. The summed E-state index contributed by atoms with van der Waals surface area (Å²) in [5, 5.41) is 26.6. The highest BCUT2D eigenvalue weighted by Gasteiger charge is 2.40. The van der Waals surface area contributed by atoms with E-state index in [1.165, 1.54) is 31.3 Å². The Kier molecular flexibility index (Phi) is 5.23. The number of H-pyrrole nitrogens is 1. The largest absolute Gasteiger partial charge is 0.418 e. The maximum absolute atomic E-state index is 12.9. The van der Waals surface area contributed by atoms with Crippen LogP contribution in [0.25, 0.3) is 10.9 Å². The second-order valence-electron chi connectivity index (χ2n) is 7.77. The van der Waals surface area contributed by atoms with Gasteiger partial charge in [0.25, 0.3) is 5.56 Å². The topological polar surface area (TPSA) is 107 Å². The van der Waals surface area contributed by atoms with Crippen LogP contribution in [0.2, 0.25) is 0 Å². The van der Waals surface area contributed by atoms with Gasteiger partial charge in [0, 0.05) is 11.9 Å². The number of halogens is 3. The summed E-state index contributed by atoms with van der Waals surface area (Å²) in [6.45, 7) is 1.47. The summed E-state index contributed by atoms with van der Waals surface area (Å²) in [4.78, 5) is 15.1. The summed E-state index contributed by atoms with van der Waals surface area (Å²) in [5.74, 6) is 0.573. The molecule has 1 aliphatic carbocycles. The van der Waals surface area contributed by atoms with Crippen molar-refractivity contribution in [2.24, 2.45) is 5.92 Å². The molecule has 1 aliphatic rings. The second-order valence-corrected chi connectivity index (χ2v) is 7.77. The van der Waals surface area contributed by atoms with Crippen molar-refractivity contribution >= 4 is 22.4 Å². The van der Waals surface area contributed by atoms with E-state index < -0.39 is 12.3 Å². The first-order valence-corrected chi connectivity index (χ1v) is 9.80. The minimum atomic E-state index is -4.76. The van der Waals surface area contributed by atoms with E-state index in [2.05, 4.69) is 21.5 Å². The lowest BCUT2D eigenvalue weighted by Gasteiger charge is -2.17. The van der Waals surface area contributed by atoms with E-state index in [1.54, 1.807) is 10.7 Å². The number of fused-ring (bicyclic) bond motifs is 1. The Morgan fingerprint density at radius 2 is 2.13 bits per heavy atom. The number of nitrogens with zero attached hydrogens (tertiary/aromatic N) is 3. The Morgan fingerprint density at radius 1 is 1.39 bits per heavy atom. The van der Waals surface area contributed by atoms with E-state index in [4.69, 9.17) is 0 Å². The highest BCUT2D eigenvalue weighted by molar-refractivity contribution is 5.91. The molecule has 0 amide bonds. The Morgan fingerprint density at radius 3 is 2.74 bits per heavy atom. The van der Waals surface area contributed by atoms with E-state index in [9.17, 15) is 28.3 Å². The zero-order valence-electron chi connectivity index (χ0n) is 16.6. The molecule has 31 heavy (non-hydrogen) atoms. The molecular weight excluding hydrogens is 411 g/mol. The van der Waals surface area contributed by atoms with Crippen LogP contribution in [0.3, 0.4) is 0 Å². The van der Waals surface area contributed by atoms with Crippen LogP contribution in [-0.4, -0.2) is 26.0 Å². The molecule has 162 valence electrons. The molecule has 0 unspecified atom stereocenters. The van der Waals surface area contributed by atoms with Crippen molar-refractivity contribution in [1.29, 1.82) is 5.26 Å². The van der Waals surface area contributed by atoms with Crippen molar-refractivity contribution in [2.45, 2.75) is 44.5 Å². The third kappa shape index (κ3) is 4.01. The Labute approximate surface area is 175 Å². The zero-order chi connectivity index (χ0) is 22.3. The van der Waals surface area contributed by atoms with Gasteiger partial charge in [0.2, 0.25) is 0 Å². The van der Waals surface area contributed by atoms with Crippen LogP contribution in [0.1, 0.15) is 42.5 Å². The first kappa shape index (κ1) is 20.9. The fourth-order valence-corrected chi connectivity index (χ4v) is 3.84. The summed E-state index contributed by atoms with van der Waals surface area (Å²) >= 11 is 0. The van der Waals surface area contributed by atoms with Crippen LogP contribution < -0.4 is 10.9 Å². The van der Waals surface area contributed by atoms with Gasteiger partial charge < -0.3 is 15.4 Å². The van der Waals surface area contributed by atoms with Crippen LogP contribution in [0, 0.1) is 24.2 Å². The van der Waals surface area contributed by atoms with Crippen molar-refractivity contribution in [2.75, 3.05) is 5.32 Å². The standard InChI is InChI=1S/C21H20F3N5O2/c1-11-10-13(4-5-14(11)18(30)21(22,23)24)27-19-17-16(7-9-26-20(17)31)29(28-19)15(6-8-25)12-2-3-12/h4-5,7,9-10,12,15,18,30H,2-3,6H2,1H3,(H,26,31)(H,27,28)/t15-,18-/m0/s1. The minimum Gasteiger partial charge on any atom is -0.379 e. The number of hydrogen-bond donors (Lipinski definition) is 3. The Hall–Kier alpha value is -3.32. The molecule has 3 N–H and O–H groups in total. The molecule has 0 spiro atoms. The molecule has 0 bridgehead atoms. The van der Waals surface area contributed by atoms with Crippen LogP contribution in [-0.2, 0) is 0 Å². The molecular formula is C21H20F3N5O2. The van der Waals surface area contributed by atoms with E-state index in [0.717, 1.165) is 12.8 Å². The summed E-state index contributed by atoms with van der Waals surface area (Å²) in [6.07, 6.45) is -3.59. The SMILES string of the molecule is Cc1cc(Nc2nn([C@@H](CC#N)C3CC3)c3cc[nH]c(=O)c23)ccc1[C@H](O)C(F)(F)F. The van der Waals surface area contributed by atoms with Gasteiger partial charge in [-0.3, -0.25) is 9.48 Å². The first-order valence-electron chi connectivity index (χ1n) is 9.80. The molecule has 1 fully saturated rings. The Bertz CT molecular complexity index is 1220. The number of aryl methyl sites for hydroxylation is 1. The smallest absolute Gasteiger partial charge is 0.379 e. The number of aromatic nitrogens is 3. The van der Waals surface area contributed by atoms with Crippen LogP contribution >= 0.6 is 0 Å². The fourth-order valence-electron chi connectivity index (χ4n) is 3.84. The van der Waals surface area contributed by atoms with Crippen LogP contribution in [0.15, 0.2) is 35.3 Å². The van der Waals surface area contributed by atoms with Crippen molar-refractivity contribution in [3.05, 3.63) is 51.9 Å². The van der Waals surface area contributed by atoms with Gasteiger partial charge in [0.15, 0.2) is 11.9 Å². The average Bonchev–Trinajstić information content (AvgIpc) is 3.48. The minimum absolute atomic E-state index is 0.157. The molecule has 7 nitrogen and oxygen atoms in total. The molecule has 0 aliphatic heterocycles. The lowest BCUT2D eigenvalue weighted by Crippen LogP contribution is -2.21. The molecule has 1 saturated carbocycles. The van der Waals surface area contributed by atoms with E-state index in [-0.39, 0.29) is 35.0 Å². The molecule has 4 rings (SSSR count). The molecule has 10 heteroatoms. The summed E-state index contributed by atoms with van der Waals surface area (Å²) < 4.78 is 40.3. The highest BCUT2D eigenvalue weighted by Crippen LogP contribution is 2.43. The molecule has 2 aromatic heterocycles. The number of nitrogens with one attached hydrogen (secondary N) is 2. The lowest BCUT2D eigenvalue weighted by atomic mass is 10.0. The molecule has 2 atom stereocenters. The molecule has 3 aromatic rings. The normalized spacial score (nSPS) is 16.1. The second kappa shape index (κ2) is 7.74. The highest BCUT2D eigenvalue weighted by atomic mass is 19.4. The van der Waals surface area contributed by atoms with Gasteiger partial charge in [-0.1, -0.05) is 6.07 Å². The third-order valence-electron chi connectivity index (χ3n) is 5.55. The number of aromatic amines is 1. The third-order valence-corrected chi connectivity index (χ3v) is 5.55. The van der Waals surface area contributed by atoms with Crippen molar-refractivity contribution in [3.8, 4) is 6.07 Å². The van der Waals surface area contributed by atoms with Gasteiger partial charge in [-0.05, 0) is 55.0 Å². The number of pyridine rings is 1. The number of rotatable bonds is 6. The number of alkyl halides is 3. The molecule has 1 aromatic carbocycles. The number of benzene rings is 1. The molecule has 0 saturated heterocycles. The van der Waals surface area contributed by atoms with Gasteiger partial charge in [0.05, 0.1) is 24.0 Å². The number of aliphatic hydroxyl groups excluding tert-OH is 1. The Balaban J connectivity index is 1.73. The van der Waals surface area contributed by atoms with Gasteiger partial charge in [-0.15, -0.1) is 0 Å². The number of aliphatic hydroxyl groups is 1. The predicted octanol–water partition coefficient (Wildman–Crippen LogP) is 4.24. The molecule has 2 heterocycles. The fraction of sp³-hybridized carbons (Fsp3) is 0.381. The lowest BCUT2D eigenvalue weighted by molar-refractivity contribution is -0.206. The summed E-state index contributed by atoms with van der Waals surface area (Å²) in [6, 6.07) is 7.79. The number of hydrogen-bond acceptors (Lipinski definition) is 5. The van der Waals surface area contributed by atoms with Gasteiger partial charge in [0.1, 0.15) is 5.39 Å². The maximum atomic E-state index is 12.9. The maximum Gasteiger partial charge on any atom is 0.418 e. The quantitative estimate of drug-likeness (QED) is 0.541. The number of nitriles is 1. The van der Waals surface area contributed by atoms with Gasteiger partial charge >= 0.3 is 6.18 Å². The van der Waals surface area contributed by atoms with E-state index in [0.29, 0.717) is 22.5 Å².